The fraction of sp³-hybridized carbons (Fsp3) is 0.818. The number of ketones is 1. The second kappa shape index (κ2) is 3.93. The minimum Gasteiger partial charge on any atom is -0.480 e. The number of carboxylic acid groups (broad SMARTS) is 1. The molecular weight excluding hydrogens is 196 g/mol. The standard InChI is InChI=1S/C11H16O4/c12-9(8-4-2-1-3-5-8)11(10(13)14)6-15-7-11/h8H,1-7H2,(H,13,14). The lowest BCUT2D eigenvalue weighted by Crippen LogP contribution is -2.56. The van der Waals surface area contributed by atoms with Crippen molar-refractivity contribution in [1.82, 2.24) is 0 Å². The van der Waals surface area contributed by atoms with Crippen LogP contribution in [0, 0.1) is 11.3 Å². The van der Waals surface area contributed by atoms with Crippen LogP contribution in [-0.4, -0.2) is 30.1 Å². The third-order valence-corrected chi connectivity index (χ3v) is 3.55. The Morgan fingerprint density at radius 3 is 2.13 bits per heavy atom. The first-order valence-electron chi connectivity index (χ1n) is 5.52. The summed E-state index contributed by atoms with van der Waals surface area (Å²) < 4.78 is 4.91. The first-order valence-corrected chi connectivity index (χ1v) is 5.52. The molecule has 1 saturated carbocycles. The normalized spacial score (nSPS) is 25.6. The second-order valence-electron chi connectivity index (χ2n) is 4.58. The Hall–Kier alpha value is -0.900. The van der Waals surface area contributed by atoms with Crippen molar-refractivity contribution in [3.8, 4) is 0 Å². The number of carbonyl (C=O) groups is 2. The highest BCUT2D eigenvalue weighted by atomic mass is 16.5. The van der Waals surface area contributed by atoms with Gasteiger partial charge in [0.1, 0.15) is 0 Å². The molecule has 2 aliphatic rings. The average molecular weight is 212 g/mol. The van der Waals surface area contributed by atoms with E-state index in [-0.39, 0.29) is 24.9 Å². The Morgan fingerprint density at radius 2 is 1.73 bits per heavy atom. The van der Waals surface area contributed by atoms with Gasteiger partial charge in [0, 0.05) is 5.92 Å². The van der Waals surface area contributed by atoms with Gasteiger partial charge in [0.05, 0.1) is 13.2 Å². The lowest BCUT2D eigenvalue weighted by molar-refractivity contribution is -0.186. The third-order valence-electron chi connectivity index (χ3n) is 3.55. The molecule has 2 rings (SSSR count). The molecule has 1 heterocycles. The van der Waals surface area contributed by atoms with E-state index in [1.807, 2.05) is 0 Å². The van der Waals surface area contributed by atoms with Crippen LogP contribution in [-0.2, 0) is 14.3 Å². The molecule has 0 bridgehead atoms. The molecule has 1 aliphatic carbocycles. The van der Waals surface area contributed by atoms with E-state index in [1.54, 1.807) is 0 Å². The van der Waals surface area contributed by atoms with Crippen LogP contribution in [0.1, 0.15) is 32.1 Å². The maximum Gasteiger partial charge on any atom is 0.322 e. The highest BCUT2D eigenvalue weighted by Gasteiger charge is 2.54. The summed E-state index contributed by atoms with van der Waals surface area (Å²) in [4.78, 5) is 23.2. The predicted molar refractivity (Wildman–Crippen MR) is 52.5 cm³/mol. The molecule has 0 aromatic carbocycles. The molecule has 2 fully saturated rings. The van der Waals surface area contributed by atoms with Crippen molar-refractivity contribution in [2.45, 2.75) is 32.1 Å². The molecule has 0 aromatic heterocycles. The van der Waals surface area contributed by atoms with Crippen molar-refractivity contribution in [2.75, 3.05) is 13.2 Å². The quantitative estimate of drug-likeness (QED) is 0.715. The van der Waals surface area contributed by atoms with E-state index in [2.05, 4.69) is 0 Å². The van der Waals surface area contributed by atoms with Gasteiger partial charge in [0.2, 0.25) is 0 Å². The molecular formula is C11H16O4. The summed E-state index contributed by atoms with van der Waals surface area (Å²) in [6, 6.07) is 0. The van der Waals surface area contributed by atoms with Gasteiger partial charge in [-0.1, -0.05) is 19.3 Å². The summed E-state index contributed by atoms with van der Waals surface area (Å²) in [6.07, 6.45) is 4.97. The summed E-state index contributed by atoms with van der Waals surface area (Å²) in [6.45, 7) is 0.134. The van der Waals surface area contributed by atoms with Crippen LogP contribution in [0.5, 0.6) is 0 Å². The third kappa shape index (κ3) is 1.67. The molecule has 84 valence electrons. The van der Waals surface area contributed by atoms with E-state index in [9.17, 15) is 9.59 Å². The van der Waals surface area contributed by atoms with Gasteiger partial charge in [-0.25, -0.2) is 0 Å². The van der Waals surface area contributed by atoms with E-state index in [0.717, 1.165) is 25.7 Å². The molecule has 0 unspecified atom stereocenters. The van der Waals surface area contributed by atoms with Crippen LogP contribution in [0.15, 0.2) is 0 Å². The fourth-order valence-corrected chi connectivity index (χ4v) is 2.43. The van der Waals surface area contributed by atoms with Crippen molar-refractivity contribution in [3.05, 3.63) is 0 Å². The van der Waals surface area contributed by atoms with Crippen molar-refractivity contribution in [1.29, 1.82) is 0 Å². The summed E-state index contributed by atoms with van der Waals surface area (Å²) in [5.41, 5.74) is -1.21. The smallest absolute Gasteiger partial charge is 0.322 e. The number of rotatable bonds is 3. The maximum atomic E-state index is 12.1. The minimum absolute atomic E-state index is 0.0428. The van der Waals surface area contributed by atoms with Gasteiger partial charge in [0.15, 0.2) is 11.2 Å². The molecule has 4 heteroatoms. The van der Waals surface area contributed by atoms with E-state index in [1.165, 1.54) is 6.42 Å². The summed E-state index contributed by atoms with van der Waals surface area (Å²) in [7, 11) is 0. The zero-order valence-electron chi connectivity index (χ0n) is 8.70. The fourth-order valence-electron chi connectivity index (χ4n) is 2.43. The van der Waals surface area contributed by atoms with Crippen LogP contribution in [0.2, 0.25) is 0 Å². The summed E-state index contributed by atoms with van der Waals surface area (Å²) >= 11 is 0. The largest absolute Gasteiger partial charge is 0.480 e. The lowest BCUT2D eigenvalue weighted by Gasteiger charge is -2.38. The molecule has 1 aliphatic heterocycles. The molecule has 4 nitrogen and oxygen atoms in total. The van der Waals surface area contributed by atoms with Crippen LogP contribution < -0.4 is 0 Å². The summed E-state index contributed by atoms with van der Waals surface area (Å²) in [5.74, 6) is -1.15. The maximum absolute atomic E-state index is 12.1. The number of ether oxygens (including phenoxy) is 1. The van der Waals surface area contributed by atoms with E-state index < -0.39 is 11.4 Å². The molecule has 0 amide bonds. The number of hydrogen-bond donors (Lipinski definition) is 1. The van der Waals surface area contributed by atoms with Crippen LogP contribution in [0.25, 0.3) is 0 Å². The Morgan fingerprint density at radius 1 is 1.13 bits per heavy atom. The first-order chi connectivity index (χ1) is 7.17. The van der Waals surface area contributed by atoms with Crippen LogP contribution in [0.3, 0.4) is 0 Å². The van der Waals surface area contributed by atoms with E-state index >= 15 is 0 Å². The van der Waals surface area contributed by atoms with Crippen molar-refractivity contribution in [2.24, 2.45) is 11.3 Å². The number of carbonyl (C=O) groups excluding carboxylic acids is 1. The monoisotopic (exact) mass is 212 g/mol. The Bertz CT molecular complexity index is 274. The van der Waals surface area contributed by atoms with E-state index in [0.29, 0.717) is 0 Å². The number of Topliss-reactive ketones (excluding diaryl/α,β-unsaturated/α-hetero) is 1. The number of carboxylic acids is 1. The van der Waals surface area contributed by atoms with Gasteiger partial charge < -0.3 is 9.84 Å². The highest BCUT2D eigenvalue weighted by Crippen LogP contribution is 2.36. The van der Waals surface area contributed by atoms with Crippen molar-refractivity contribution in [3.63, 3.8) is 0 Å². The average Bonchev–Trinajstić information content (AvgIpc) is 2.16. The predicted octanol–water partition coefficient (Wildman–Crippen LogP) is 1.24. The SMILES string of the molecule is O=C(O)C1(C(=O)C2CCCCC2)COC1. The van der Waals surface area contributed by atoms with Gasteiger partial charge in [-0.3, -0.25) is 9.59 Å². The van der Waals surface area contributed by atoms with Crippen molar-refractivity contribution >= 4 is 11.8 Å². The zero-order chi connectivity index (χ0) is 10.9. The molecule has 1 saturated heterocycles. The Balaban J connectivity index is 2.07. The molecule has 0 aromatic rings. The summed E-state index contributed by atoms with van der Waals surface area (Å²) in [5, 5.41) is 9.08. The van der Waals surface area contributed by atoms with Gasteiger partial charge in [0.25, 0.3) is 0 Å². The van der Waals surface area contributed by atoms with Gasteiger partial charge in [-0.05, 0) is 12.8 Å². The van der Waals surface area contributed by atoms with E-state index in [4.69, 9.17) is 9.84 Å². The molecule has 1 N–H and O–H groups in total. The minimum atomic E-state index is -1.21. The number of hydrogen-bond acceptors (Lipinski definition) is 3. The molecule has 0 radical (unpaired) electrons. The van der Waals surface area contributed by atoms with Crippen molar-refractivity contribution < 1.29 is 19.4 Å². The Labute approximate surface area is 88.6 Å². The second-order valence-corrected chi connectivity index (χ2v) is 4.58. The molecule has 0 spiro atoms. The molecule has 15 heavy (non-hydrogen) atoms. The van der Waals surface area contributed by atoms with Gasteiger partial charge in [-0.15, -0.1) is 0 Å². The zero-order valence-corrected chi connectivity index (χ0v) is 8.70. The van der Waals surface area contributed by atoms with Crippen LogP contribution in [0.4, 0.5) is 0 Å². The van der Waals surface area contributed by atoms with Gasteiger partial charge in [-0.2, -0.15) is 0 Å². The highest BCUT2D eigenvalue weighted by molar-refractivity contribution is 6.05. The Kier molecular flexibility index (Phi) is 2.78. The number of aliphatic carboxylic acids is 1. The molecule has 0 atom stereocenters. The van der Waals surface area contributed by atoms with Crippen LogP contribution >= 0.6 is 0 Å². The topological polar surface area (TPSA) is 63.6 Å². The first kappa shape index (κ1) is 10.6. The lowest BCUT2D eigenvalue weighted by atomic mass is 9.72. The van der Waals surface area contributed by atoms with Gasteiger partial charge >= 0.3 is 5.97 Å².